The summed E-state index contributed by atoms with van der Waals surface area (Å²) in [6.45, 7) is 4.92. The Kier molecular flexibility index (Phi) is 5.74. The molecule has 1 aliphatic heterocycles. The van der Waals surface area contributed by atoms with Crippen molar-refractivity contribution in [2.45, 2.75) is 17.8 Å². The zero-order valence-electron chi connectivity index (χ0n) is 14.3. The molecule has 0 amide bonds. The predicted octanol–water partition coefficient (Wildman–Crippen LogP) is 3.68. The Hall–Kier alpha value is -1.77. The lowest BCUT2D eigenvalue weighted by molar-refractivity contribution is -0.274. The van der Waals surface area contributed by atoms with Gasteiger partial charge in [0.1, 0.15) is 5.75 Å². The number of benzene rings is 1. The molecule has 2 aromatic rings. The van der Waals surface area contributed by atoms with Gasteiger partial charge in [-0.25, -0.2) is 0 Å². The molecular weight excluding hydrogens is 363 g/mol. The standard InChI is InChI=1S/C18H20F3N3OS/c1-23-6-8-24(9-7-23)12-13-2-4-16(22-11-13)15-10-14(3-5-17(15)26)25-18(19,20)21/h2-5,10-11,26H,6-9,12H2,1H3. The number of alkyl halides is 3. The smallest absolute Gasteiger partial charge is 0.406 e. The highest BCUT2D eigenvalue weighted by molar-refractivity contribution is 7.80. The maximum Gasteiger partial charge on any atom is 0.573 e. The van der Waals surface area contributed by atoms with Crippen molar-refractivity contribution >= 4 is 12.6 Å². The number of halogens is 3. The molecule has 1 aromatic heterocycles. The molecule has 26 heavy (non-hydrogen) atoms. The van der Waals surface area contributed by atoms with Gasteiger partial charge in [0, 0.05) is 49.4 Å². The SMILES string of the molecule is CN1CCN(Cc2ccc(-c3cc(OC(F)(F)F)ccc3S)nc2)CC1. The summed E-state index contributed by atoms with van der Waals surface area (Å²) in [5.74, 6) is -0.284. The predicted molar refractivity (Wildman–Crippen MR) is 96.4 cm³/mol. The summed E-state index contributed by atoms with van der Waals surface area (Å²) in [6, 6.07) is 7.77. The average Bonchev–Trinajstić information content (AvgIpc) is 2.58. The number of piperazine rings is 1. The Morgan fingerprint density at radius 3 is 2.46 bits per heavy atom. The quantitative estimate of drug-likeness (QED) is 0.816. The van der Waals surface area contributed by atoms with Crippen molar-refractivity contribution in [2.24, 2.45) is 0 Å². The zero-order chi connectivity index (χ0) is 18.7. The molecule has 0 unspecified atom stereocenters. The molecule has 140 valence electrons. The molecule has 0 N–H and O–H groups in total. The van der Waals surface area contributed by atoms with Gasteiger partial charge >= 0.3 is 6.36 Å². The summed E-state index contributed by atoms with van der Waals surface area (Å²) in [5.41, 5.74) is 2.13. The minimum atomic E-state index is -4.73. The van der Waals surface area contributed by atoms with E-state index in [0.29, 0.717) is 16.2 Å². The third-order valence-electron chi connectivity index (χ3n) is 4.30. The van der Waals surface area contributed by atoms with E-state index in [-0.39, 0.29) is 5.75 Å². The fourth-order valence-corrected chi connectivity index (χ4v) is 3.11. The maximum absolute atomic E-state index is 12.4. The highest BCUT2D eigenvalue weighted by Crippen LogP contribution is 2.31. The van der Waals surface area contributed by atoms with Gasteiger partial charge in [-0.3, -0.25) is 9.88 Å². The molecule has 2 heterocycles. The van der Waals surface area contributed by atoms with E-state index in [2.05, 4.69) is 39.2 Å². The summed E-state index contributed by atoms with van der Waals surface area (Å²) in [5, 5.41) is 0. The average molecular weight is 383 g/mol. The number of pyridine rings is 1. The Labute approximate surface area is 156 Å². The summed E-state index contributed by atoms with van der Waals surface area (Å²) in [6.07, 6.45) is -2.96. The zero-order valence-corrected chi connectivity index (χ0v) is 15.2. The highest BCUT2D eigenvalue weighted by atomic mass is 32.1. The minimum absolute atomic E-state index is 0.284. The number of hydrogen-bond acceptors (Lipinski definition) is 5. The topological polar surface area (TPSA) is 28.6 Å². The van der Waals surface area contributed by atoms with E-state index in [9.17, 15) is 13.2 Å². The number of rotatable bonds is 4. The Bertz CT molecular complexity index is 744. The van der Waals surface area contributed by atoms with Crippen molar-refractivity contribution in [1.82, 2.24) is 14.8 Å². The van der Waals surface area contributed by atoms with Crippen molar-refractivity contribution in [3.05, 3.63) is 42.1 Å². The normalized spacial score (nSPS) is 16.7. The molecule has 0 atom stereocenters. The Balaban J connectivity index is 1.73. The first-order chi connectivity index (χ1) is 12.3. The van der Waals surface area contributed by atoms with Gasteiger partial charge < -0.3 is 9.64 Å². The van der Waals surface area contributed by atoms with Crippen LogP contribution in [0.1, 0.15) is 5.56 Å². The van der Waals surface area contributed by atoms with Gasteiger partial charge in [-0.05, 0) is 36.9 Å². The van der Waals surface area contributed by atoms with Crippen LogP contribution in [-0.2, 0) is 6.54 Å². The van der Waals surface area contributed by atoms with Crippen LogP contribution in [0, 0.1) is 0 Å². The van der Waals surface area contributed by atoms with Crippen LogP contribution in [0.25, 0.3) is 11.3 Å². The van der Waals surface area contributed by atoms with Crippen LogP contribution in [0.15, 0.2) is 41.4 Å². The third kappa shape index (κ3) is 5.12. The summed E-state index contributed by atoms with van der Waals surface area (Å²) in [4.78, 5) is 9.60. The first-order valence-corrected chi connectivity index (χ1v) is 8.70. The van der Waals surface area contributed by atoms with Crippen molar-refractivity contribution in [3.8, 4) is 17.0 Å². The van der Waals surface area contributed by atoms with Crippen molar-refractivity contribution < 1.29 is 17.9 Å². The van der Waals surface area contributed by atoms with Crippen LogP contribution in [0.2, 0.25) is 0 Å². The molecule has 4 nitrogen and oxygen atoms in total. The van der Waals surface area contributed by atoms with Crippen molar-refractivity contribution in [1.29, 1.82) is 0 Å². The number of hydrogen-bond donors (Lipinski definition) is 1. The van der Waals surface area contributed by atoms with E-state index in [1.165, 1.54) is 18.2 Å². The van der Waals surface area contributed by atoms with Crippen molar-refractivity contribution in [2.75, 3.05) is 33.2 Å². The molecule has 0 spiro atoms. The van der Waals surface area contributed by atoms with Gasteiger partial charge in [-0.1, -0.05) is 6.07 Å². The molecule has 1 aromatic carbocycles. The number of thiol groups is 1. The molecule has 0 saturated carbocycles. The summed E-state index contributed by atoms with van der Waals surface area (Å²) in [7, 11) is 2.11. The van der Waals surface area contributed by atoms with Crippen LogP contribution in [-0.4, -0.2) is 54.4 Å². The summed E-state index contributed by atoms with van der Waals surface area (Å²) < 4.78 is 41.2. The molecule has 0 radical (unpaired) electrons. The number of ether oxygens (including phenoxy) is 1. The van der Waals surface area contributed by atoms with E-state index < -0.39 is 6.36 Å². The van der Waals surface area contributed by atoms with E-state index in [4.69, 9.17) is 0 Å². The van der Waals surface area contributed by atoms with Crippen molar-refractivity contribution in [3.63, 3.8) is 0 Å². The fraction of sp³-hybridized carbons (Fsp3) is 0.389. The second-order valence-electron chi connectivity index (χ2n) is 6.36. The van der Waals surface area contributed by atoms with E-state index in [1.54, 1.807) is 12.3 Å². The molecular formula is C18H20F3N3OS. The molecule has 1 saturated heterocycles. The molecule has 3 rings (SSSR count). The Morgan fingerprint density at radius 1 is 1.12 bits per heavy atom. The molecule has 1 fully saturated rings. The van der Waals surface area contributed by atoms with Crippen LogP contribution >= 0.6 is 12.6 Å². The van der Waals surface area contributed by atoms with Gasteiger partial charge in [0.15, 0.2) is 0 Å². The monoisotopic (exact) mass is 383 g/mol. The van der Waals surface area contributed by atoms with Gasteiger partial charge in [-0.2, -0.15) is 0 Å². The maximum atomic E-state index is 12.4. The lowest BCUT2D eigenvalue weighted by Gasteiger charge is -2.32. The van der Waals surface area contributed by atoms with E-state index >= 15 is 0 Å². The first kappa shape index (κ1) is 19.0. The first-order valence-electron chi connectivity index (χ1n) is 8.25. The molecule has 0 aliphatic carbocycles. The van der Waals surface area contributed by atoms with Gasteiger partial charge in [0.2, 0.25) is 0 Å². The lowest BCUT2D eigenvalue weighted by Crippen LogP contribution is -2.43. The largest absolute Gasteiger partial charge is 0.573 e. The van der Waals surface area contributed by atoms with Gasteiger partial charge in [0.05, 0.1) is 5.69 Å². The number of likely N-dealkylation sites (N-methyl/N-ethyl adjacent to an activating group) is 1. The number of nitrogens with zero attached hydrogens (tertiary/aromatic N) is 3. The highest BCUT2D eigenvalue weighted by Gasteiger charge is 2.31. The number of aromatic nitrogens is 1. The second-order valence-corrected chi connectivity index (χ2v) is 6.84. The van der Waals surface area contributed by atoms with Crippen LogP contribution < -0.4 is 4.74 Å². The van der Waals surface area contributed by atoms with Crippen LogP contribution in [0.4, 0.5) is 13.2 Å². The fourth-order valence-electron chi connectivity index (χ4n) is 2.86. The van der Waals surface area contributed by atoms with Crippen LogP contribution in [0.3, 0.4) is 0 Å². The molecule has 0 bridgehead atoms. The third-order valence-corrected chi connectivity index (χ3v) is 4.69. The van der Waals surface area contributed by atoms with Gasteiger partial charge in [-0.15, -0.1) is 25.8 Å². The Morgan fingerprint density at radius 2 is 1.85 bits per heavy atom. The van der Waals surface area contributed by atoms with Crippen LogP contribution in [0.5, 0.6) is 5.75 Å². The molecule has 1 aliphatic rings. The lowest BCUT2D eigenvalue weighted by atomic mass is 10.1. The van der Waals surface area contributed by atoms with E-state index in [0.717, 1.165) is 38.3 Å². The minimum Gasteiger partial charge on any atom is -0.406 e. The second kappa shape index (κ2) is 7.85. The summed E-state index contributed by atoms with van der Waals surface area (Å²) >= 11 is 4.32. The van der Waals surface area contributed by atoms with E-state index in [1.807, 2.05) is 6.07 Å². The molecule has 8 heteroatoms. The van der Waals surface area contributed by atoms with Gasteiger partial charge in [0.25, 0.3) is 0 Å².